The molecule has 0 aliphatic heterocycles. The summed E-state index contributed by atoms with van der Waals surface area (Å²) in [5, 5.41) is 15.2. The Balaban J connectivity index is 3.01. The van der Waals surface area contributed by atoms with E-state index in [9.17, 15) is 5.21 Å². The predicted molar refractivity (Wildman–Crippen MR) is 40.7 cm³/mol. The second-order valence-electron chi connectivity index (χ2n) is 1.59. The van der Waals surface area contributed by atoms with E-state index >= 15 is 0 Å². The van der Waals surface area contributed by atoms with Crippen molar-refractivity contribution in [1.29, 1.82) is 0 Å². The lowest BCUT2D eigenvalue weighted by Gasteiger charge is -1.87. The van der Waals surface area contributed by atoms with Gasteiger partial charge in [-0.25, -0.2) is 0 Å². The summed E-state index contributed by atoms with van der Waals surface area (Å²) in [5.41, 5.74) is 1.14. The molecule has 1 aromatic heterocycles. The van der Waals surface area contributed by atoms with Crippen LogP contribution in [0.5, 0.6) is 0 Å². The highest BCUT2D eigenvalue weighted by molar-refractivity contribution is 9.09. The van der Waals surface area contributed by atoms with Crippen LogP contribution in [0.15, 0.2) is 4.63 Å². The maximum Gasteiger partial charge on any atom is 0.232 e. The number of alkyl halides is 2. The van der Waals surface area contributed by atoms with E-state index in [1.54, 1.807) is 0 Å². The second-order valence-corrected chi connectivity index (χ2v) is 2.71. The van der Waals surface area contributed by atoms with Gasteiger partial charge < -0.3 is 5.21 Å². The minimum Gasteiger partial charge on any atom is -0.359 e. The van der Waals surface area contributed by atoms with Gasteiger partial charge in [-0.1, -0.05) is 31.9 Å². The monoisotopic (exact) mass is 270 g/mol. The largest absolute Gasteiger partial charge is 0.359 e. The molecule has 1 heterocycles. The summed E-state index contributed by atoms with van der Waals surface area (Å²) < 4.78 is 4.33. The van der Waals surface area contributed by atoms with Gasteiger partial charge in [-0.05, 0) is 4.90 Å². The first-order chi connectivity index (χ1) is 4.79. The molecule has 0 unspecified atom stereocenters. The number of nitrogens with zero attached hydrogens (tertiary/aromatic N) is 2. The van der Waals surface area contributed by atoms with E-state index in [1.165, 1.54) is 0 Å². The lowest BCUT2D eigenvalue weighted by atomic mass is 10.4. The highest BCUT2D eigenvalue weighted by Gasteiger charge is 2.15. The number of halogens is 2. The Morgan fingerprint density at radius 1 is 1.50 bits per heavy atom. The molecule has 0 amide bonds. The minimum atomic E-state index is 0.394. The number of aromatic nitrogens is 2. The molecule has 0 spiro atoms. The second kappa shape index (κ2) is 3.34. The molecule has 4 nitrogen and oxygen atoms in total. The third-order valence-electron chi connectivity index (χ3n) is 1.03. The molecule has 1 rings (SSSR count). The molecule has 0 radical (unpaired) electrons. The Morgan fingerprint density at radius 3 is 2.60 bits per heavy atom. The Morgan fingerprint density at radius 2 is 2.20 bits per heavy atom. The van der Waals surface area contributed by atoms with Gasteiger partial charge in [0.25, 0.3) is 0 Å². The van der Waals surface area contributed by atoms with Gasteiger partial charge in [0.05, 0.1) is 10.7 Å². The molecule has 0 aromatic carbocycles. The van der Waals surface area contributed by atoms with Crippen molar-refractivity contribution in [3.63, 3.8) is 0 Å². The molecule has 0 N–H and O–H groups in total. The van der Waals surface area contributed by atoms with Crippen LogP contribution in [-0.2, 0) is 10.7 Å². The van der Waals surface area contributed by atoms with Crippen LogP contribution >= 0.6 is 31.9 Å². The van der Waals surface area contributed by atoms with Crippen molar-refractivity contribution in [3.05, 3.63) is 16.6 Å². The summed E-state index contributed by atoms with van der Waals surface area (Å²) in [5.74, 6) is 0. The van der Waals surface area contributed by atoms with Crippen LogP contribution in [0, 0.1) is 5.21 Å². The molecule has 0 aliphatic carbocycles. The van der Waals surface area contributed by atoms with Crippen molar-refractivity contribution < 1.29 is 9.53 Å². The van der Waals surface area contributed by atoms with Crippen LogP contribution < -0.4 is 4.90 Å². The fourth-order valence-electron chi connectivity index (χ4n) is 0.521. The highest BCUT2D eigenvalue weighted by atomic mass is 79.9. The SMILES string of the molecule is [O-][n+]1onc(CBr)c1CBr. The summed E-state index contributed by atoms with van der Waals surface area (Å²) in [6.07, 6.45) is 0. The molecule has 0 bridgehead atoms. The number of hydrogen-bond donors (Lipinski definition) is 0. The van der Waals surface area contributed by atoms with Gasteiger partial charge in [0.15, 0.2) is 0 Å². The summed E-state index contributed by atoms with van der Waals surface area (Å²) in [6.45, 7) is 0. The standard InChI is InChI=1S/C4H4Br2N2O2/c5-1-3-4(2-6)8(9)10-7-3/h1-2H2. The maximum atomic E-state index is 10.7. The van der Waals surface area contributed by atoms with Crippen LogP contribution in [0.2, 0.25) is 0 Å². The van der Waals surface area contributed by atoms with E-state index in [2.05, 4.69) is 41.6 Å². The van der Waals surface area contributed by atoms with Crippen molar-refractivity contribution in [1.82, 2.24) is 5.16 Å². The van der Waals surface area contributed by atoms with Gasteiger partial charge >= 0.3 is 0 Å². The van der Waals surface area contributed by atoms with Crippen molar-refractivity contribution in [2.24, 2.45) is 0 Å². The first-order valence-electron chi connectivity index (χ1n) is 2.49. The average molecular weight is 272 g/mol. The quantitative estimate of drug-likeness (QED) is 0.598. The third kappa shape index (κ3) is 1.32. The predicted octanol–water partition coefficient (Wildman–Crippen LogP) is 1.10. The van der Waals surface area contributed by atoms with Gasteiger partial charge in [-0.15, -0.1) is 0 Å². The topological polar surface area (TPSA) is 53.0 Å². The first kappa shape index (κ1) is 8.00. The fraction of sp³-hybridized carbons (Fsp3) is 0.500. The average Bonchev–Trinajstić information content (AvgIpc) is 2.30. The molecule has 10 heavy (non-hydrogen) atoms. The van der Waals surface area contributed by atoms with E-state index in [4.69, 9.17) is 0 Å². The van der Waals surface area contributed by atoms with Crippen LogP contribution in [0.1, 0.15) is 11.4 Å². The van der Waals surface area contributed by atoms with Crippen molar-refractivity contribution in [2.45, 2.75) is 10.7 Å². The van der Waals surface area contributed by atoms with Crippen LogP contribution in [0.4, 0.5) is 0 Å². The smallest absolute Gasteiger partial charge is 0.232 e. The van der Waals surface area contributed by atoms with E-state index in [0.29, 0.717) is 27.0 Å². The Kier molecular flexibility index (Phi) is 2.67. The van der Waals surface area contributed by atoms with Gasteiger partial charge in [0, 0.05) is 5.16 Å². The molecule has 0 aliphatic rings. The maximum absolute atomic E-state index is 10.7. The minimum absolute atomic E-state index is 0.394. The summed E-state index contributed by atoms with van der Waals surface area (Å²) in [7, 11) is 0. The number of hydrogen-bond acceptors (Lipinski definition) is 3. The lowest BCUT2D eigenvalue weighted by Crippen LogP contribution is -2.27. The third-order valence-corrected chi connectivity index (χ3v) is 2.09. The van der Waals surface area contributed by atoms with Gasteiger partial charge in [-0.3, -0.25) is 4.63 Å². The first-order valence-corrected chi connectivity index (χ1v) is 4.73. The van der Waals surface area contributed by atoms with Crippen molar-refractivity contribution in [3.8, 4) is 0 Å². The van der Waals surface area contributed by atoms with E-state index in [1.807, 2.05) is 0 Å². The van der Waals surface area contributed by atoms with Gasteiger partial charge in [0.1, 0.15) is 0 Å². The molecule has 6 heteroatoms. The fourth-order valence-corrected chi connectivity index (χ4v) is 1.48. The zero-order chi connectivity index (χ0) is 7.56. The van der Waals surface area contributed by atoms with Crippen LogP contribution in [0.25, 0.3) is 0 Å². The summed E-state index contributed by atoms with van der Waals surface area (Å²) in [4.78, 5) is 0.394. The van der Waals surface area contributed by atoms with Crippen LogP contribution in [-0.4, -0.2) is 5.16 Å². The van der Waals surface area contributed by atoms with Gasteiger partial charge in [0.2, 0.25) is 11.4 Å². The van der Waals surface area contributed by atoms with Crippen LogP contribution in [0.3, 0.4) is 0 Å². The highest BCUT2D eigenvalue weighted by Crippen LogP contribution is 2.08. The Hall–Kier alpha value is -0.100. The molecule has 0 fully saturated rings. The molecular formula is C4H4Br2N2O2. The zero-order valence-corrected chi connectivity index (χ0v) is 8.05. The molecule has 0 saturated carbocycles. The van der Waals surface area contributed by atoms with E-state index < -0.39 is 0 Å². The Labute approximate surface area is 74.0 Å². The lowest BCUT2D eigenvalue weighted by molar-refractivity contribution is -0.807. The molecular weight excluding hydrogens is 268 g/mol. The summed E-state index contributed by atoms with van der Waals surface area (Å²) >= 11 is 6.30. The molecule has 56 valence electrons. The van der Waals surface area contributed by atoms with Crippen molar-refractivity contribution >= 4 is 31.9 Å². The summed E-state index contributed by atoms with van der Waals surface area (Å²) in [6, 6.07) is 0. The molecule has 0 atom stereocenters. The zero-order valence-electron chi connectivity index (χ0n) is 4.88. The molecule has 0 saturated heterocycles. The normalized spacial score (nSPS) is 10.2. The van der Waals surface area contributed by atoms with E-state index in [-0.39, 0.29) is 0 Å². The van der Waals surface area contributed by atoms with E-state index in [0.717, 1.165) is 0 Å². The molecule has 1 aromatic rings. The van der Waals surface area contributed by atoms with Gasteiger partial charge in [-0.2, -0.15) is 0 Å². The Bertz CT molecular complexity index is 225. The van der Waals surface area contributed by atoms with Crippen molar-refractivity contribution in [2.75, 3.05) is 0 Å². The number of rotatable bonds is 2.